The van der Waals surface area contributed by atoms with Crippen LogP contribution in [0.15, 0.2) is 59.0 Å². The number of rotatable bonds is 2. The van der Waals surface area contributed by atoms with E-state index in [-0.39, 0.29) is 5.89 Å². The minimum Gasteiger partial charge on any atom is -0.495 e. The molecule has 4 heteroatoms. The zero-order valence-electron chi connectivity index (χ0n) is 11.4. The Hall–Kier alpha value is -3.06. The predicted molar refractivity (Wildman–Crippen MR) is 78.7 cm³/mol. The van der Waals surface area contributed by atoms with Crippen molar-refractivity contribution in [3.63, 3.8) is 0 Å². The van der Waals surface area contributed by atoms with Gasteiger partial charge < -0.3 is 9.15 Å². The number of para-hydroxylation sites is 1. The lowest BCUT2D eigenvalue weighted by Gasteiger charge is -2.00. The molecule has 102 valence electrons. The van der Waals surface area contributed by atoms with Crippen molar-refractivity contribution >= 4 is 0 Å². The van der Waals surface area contributed by atoms with Crippen LogP contribution in [0.5, 0.6) is 5.75 Å². The molecule has 0 aliphatic carbocycles. The number of hydrogen-bond donors (Lipinski definition) is 0. The molecule has 0 unspecified atom stereocenters. The fraction of sp³-hybridized carbons (Fsp3) is 0.0588. The molecule has 3 rings (SSSR count). The summed E-state index contributed by atoms with van der Waals surface area (Å²) in [5, 5.41) is 7.92. The summed E-state index contributed by atoms with van der Waals surface area (Å²) in [5.74, 6) is 7.28. The van der Waals surface area contributed by atoms with Crippen LogP contribution in [0.1, 0.15) is 11.5 Å². The highest BCUT2D eigenvalue weighted by Gasteiger charge is 2.05. The highest BCUT2D eigenvalue weighted by atomic mass is 16.5. The molecule has 0 atom stereocenters. The van der Waals surface area contributed by atoms with E-state index in [4.69, 9.17) is 9.15 Å². The molecule has 0 saturated heterocycles. The van der Waals surface area contributed by atoms with Gasteiger partial charge in [0, 0.05) is 11.5 Å². The summed E-state index contributed by atoms with van der Waals surface area (Å²) in [6.45, 7) is 0. The Morgan fingerprint density at radius 2 is 1.67 bits per heavy atom. The first kappa shape index (κ1) is 12.9. The van der Waals surface area contributed by atoms with Crippen LogP contribution in [-0.2, 0) is 0 Å². The summed E-state index contributed by atoms with van der Waals surface area (Å²) in [7, 11) is 1.61. The first-order valence-electron chi connectivity index (χ1n) is 6.41. The van der Waals surface area contributed by atoms with Crippen LogP contribution in [0.2, 0.25) is 0 Å². The molecular weight excluding hydrogens is 264 g/mol. The molecule has 21 heavy (non-hydrogen) atoms. The first-order valence-corrected chi connectivity index (χ1v) is 6.41. The van der Waals surface area contributed by atoms with Gasteiger partial charge in [0.25, 0.3) is 5.89 Å². The normalized spacial score (nSPS) is 9.76. The van der Waals surface area contributed by atoms with Gasteiger partial charge in [0.05, 0.1) is 12.7 Å². The van der Waals surface area contributed by atoms with E-state index in [1.165, 1.54) is 0 Å². The summed E-state index contributed by atoms with van der Waals surface area (Å²) in [6, 6.07) is 17.1. The summed E-state index contributed by atoms with van der Waals surface area (Å²) in [6.07, 6.45) is 0. The molecule has 1 heterocycles. The van der Waals surface area contributed by atoms with E-state index in [0.29, 0.717) is 11.6 Å². The number of hydrogen-bond acceptors (Lipinski definition) is 4. The van der Waals surface area contributed by atoms with Crippen LogP contribution in [0.25, 0.3) is 11.5 Å². The van der Waals surface area contributed by atoms with Crippen molar-refractivity contribution in [2.75, 3.05) is 7.11 Å². The quantitative estimate of drug-likeness (QED) is 0.675. The minimum atomic E-state index is 0.278. The average Bonchev–Trinajstić information content (AvgIpc) is 3.03. The topological polar surface area (TPSA) is 48.2 Å². The maximum Gasteiger partial charge on any atom is 0.294 e. The smallest absolute Gasteiger partial charge is 0.294 e. The standard InChI is InChI=1S/C17H12N2O2/c1-20-15-10-6-5-7-13(15)11-12-16-18-19-17(21-16)14-8-3-2-4-9-14/h2-10H,1H3. The molecule has 3 aromatic rings. The van der Waals surface area contributed by atoms with E-state index < -0.39 is 0 Å². The number of aromatic nitrogens is 2. The molecule has 0 N–H and O–H groups in total. The minimum absolute atomic E-state index is 0.278. The van der Waals surface area contributed by atoms with E-state index >= 15 is 0 Å². The molecule has 0 spiro atoms. The van der Waals surface area contributed by atoms with Gasteiger partial charge in [-0.25, -0.2) is 0 Å². The molecule has 0 saturated carbocycles. The molecule has 4 nitrogen and oxygen atoms in total. The fourth-order valence-corrected chi connectivity index (χ4v) is 1.84. The lowest BCUT2D eigenvalue weighted by molar-refractivity contribution is 0.413. The van der Waals surface area contributed by atoms with Crippen LogP contribution >= 0.6 is 0 Å². The van der Waals surface area contributed by atoms with E-state index in [1.807, 2.05) is 54.6 Å². The lowest BCUT2D eigenvalue weighted by atomic mass is 10.2. The van der Waals surface area contributed by atoms with Crippen molar-refractivity contribution < 1.29 is 9.15 Å². The zero-order valence-corrected chi connectivity index (χ0v) is 11.4. The molecular formula is C17H12N2O2. The van der Waals surface area contributed by atoms with Crippen LogP contribution in [-0.4, -0.2) is 17.3 Å². The summed E-state index contributed by atoms with van der Waals surface area (Å²) in [5.41, 5.74) is 1.65. The molecule has 0 amide bonds. The molecule has 0 aliphatic heterocycles. The largest absolute Gasteiger partial charge is 0.495 e. The van der Waals surface area contributed by atoms with Crippen LogP contribution < -0.4 is 4.74 Å². The van der Waals surface area contributed by atoms with E-state index in [9.17, 15) is 0 Å². The predicted octanol–water partition coefficient (Wildman–Crippen LogP) is 3.15. The number of ether oxygens (including phenoxy) is 1. The van der Waals surface area contributed by atoms with Crippen molar-refractivity contribution in [1.29, 1.82) is 0 Å². The molecule has 0 bridgehead atoms. The van der Waals surface area contributed by atoms with Gasteiger partial charge in [-0.1, -0.05) is 41.4 Å². The van der Waals surface area contributed by atoms with Crippen molar-refractivity contribution in [3.05, 3.63) is 66.1 Å². The van der Waals surface area contributed by atoms with Crippen LogP contribution in [0.3, 0.4) is 0 Å². The third-order valence-corrected chi connectivity index (χ3v) is 2.86. The monoisotopic (exact) mass is 276 g/mol. The molecule has 0 aliphatic rings. The number of benzene rings is 2. The summed E-state index contributed by atoms with van der Waals surface area (Å²) in [4.78, 5) is 0. The Morgan fingerprint density at radius 3 is 2.48 bits per heavy atom. The summed E-state index contributed by atoms with van der Waals surface area (Å²) < 4.78 is 10.8. The van der Waals surface area contributed by atoms with Gasteiger partial charge >= 0.3 is 0 Å². The average molecular weight is 276 g/mol. The summed E-state index contributed by atoms with van der Waals surface area (Å²) >= 11 is 0. The van der Waals surface area contributed by atoms with Gasteiger partial charge in [0.1, 0.15) is 5.75 Å². The van der Waals surface area contributed by atoms with Crippen molar-refractivity contribution in [2.24, 2.45) is 0 Å². The van der Waals surface area contributed by atoms with Crippen molar-refractivity contribution in [2.45, 2.75) is 0 Å². The fourth-order valence-electron chi connectivity index (χ4n) is 1.84. The Kier molecular flexibility index (Phi) is 3.66. The van der Waals surface area contributed by atoms with Crippen molar-refractivity contribution in [3.8, 4) is 29.0 Å². The Balaban J connectivity index is 1.87. The third-order valence-electron chi connectivity index (χ3n) is 2.86. The van der Waals surface area contributed by atoms with Gasteiger partial charge in [0.15, 0.2) is 0 Å². The highest BCUT2D eigenvalue weighted by Crippen LogP contribution is 2.18. The third kappa shape index (κ3) is 2.93. The van der Waals surface area contributed by atoms with Gasteiger partial charge in [-0.05, 0) is 24.3 Å². The second-order valence-electron chi connectivity index (χ2n) is 4.23. The maximum atomic E-state index is 5.53. The number of methoxy groups -OCH3 is 1. The first-order chi connectivity index (χ1) is 10.4. The molecule has 1 aromatic heterocycles. The second kappa shape index (κ2) is 5.93. The molecule has 0 radical (unpaired) electrons. The Morgan fingerprint density at radius 1 is 0.905 bits per heavy atom. The molecule has 0 fully saturated rings. The van der Waals surface area contributed by atoms with E-state index in [1.54, 1.807) is 7.11 Å². The Labute approximate surface area is 122 Å². The van der Waals surface area contributed by atoms with Crippen LogP contribution in [0, 0.1) is 11.8 Å². The maximum absolute atomic E-state index is 5.53. The van der Waals surface area contributed by atoms with E-state index in [2.05, 4.69) is 22.0 Å². The second-order valence-corrected chi connectivity index (χ2v) is 4.23. The van der Waals surface area contributed by atoms with Gasteiger partial charge in [-0.2, -0.15) is 0 Å². The van der Waals surface area contributed by atoms with Gasteiger partial charge in [0.2, 0.25) is 5.89 Å². The molecule has 2 aromatic carbocycles. The van der Waals surface area contributed by atoms with Gasteiger partial charge in [-0.3, -0.25) is 0 Å². The zero-order chi connectivity index (χ0) is 14.5. The lowest BCUT2D eigenvalue weighted by Crippen LogP contribution is -1.86. The SMILES string of the molecule is COc1ccccc1C#Cc1nnc(-c2ccccc2)o1. The van der Waals surface area contributed by atoms with Gasteiger partial charge in [-0.15, -0.1) is 5.10 Å². The van der Waals surface area contributed by atoms with E-state index in [0.717, 1.165) is 11.1 Å². The Bertz CT molecular complexity index is 798. The highest BCUT2D eigenvalue weighted by molar-refractivity contribution is 5.52. The van der Waals surface area contributed by atoms with Crippen LogP contribution in [0.4, 0.5) is 0 Å². The number of nitrogens with zero attached hydrogens (tertiary/aromatic N) is 2. The van der Waals surface area contributed by atoms with Crippen molar-refractivity contribution in [1.82, 2.24) is 10.2 Å².